The molecule has 8 nitrogen and oxygen atoms in total. The average molecular weight is 443 g/mol. The number of likely N-dealkylation sites (tertiary alicyclic amines) is 1. The summed E-state index contributed by atoms with van der Waals surface area (Å²) >= 11 is 0. The van der Waals surface area contributed by atoms with Crippen LogP contribution in [0.25, 0.3) is 16.9 Å². The first-order valence-corrected chi connectivity index (χ1v) is 11.6. The summed E-state index contributed by atoms with van der Waals surface area (Å²) in [4.78, 5) is 7.25. The molecule has 0 spiro atoms. The van der Waals surface area contributed by atoms with E-state index in [4.69, 9.17) is 9.26 Å². The topological polar surface area (TPSA) is 81.2 Å². The minimum atomic E-state index is -0.467. The van der Waals surface area contributed by atoms with E-state index >= 15 is 4.39 Å². The van der Waals surface area contributed by atoms with Crippen LogP contribution in [0, 0.1) is 5.82 Å². The normalized spacial score (nSPS) is 19.3. The van der Waals surface area contributed by atoms with Gasteiger partial charge in [0.1, 0.15) is 5.52 Å². The summed E-state index contributed by atoms with van der Waals surface area (Å²) in [7, 11) is 1.46. The Morgan fingerprint density at radius 2 is 1.91 bits per heavy atom. The number of nitrogens with zero attached hydrogens (tertiary/aromatic N) is 5. The van der Waals surface area contributed by atoms with E-state index in [1.165, 1.54) is 24.6 Å². The Bertz CT molecular complexity index is 1080. The number of hydrogen-bond donors (Lipinski definition) is 1. The molecule has 0 amide bonds. The predicted molar refractivity (Wildman–Crippen MR) is 119 cm³/mol. The van der Waals surface area contributed by atoms with Gasteiger partial charge >= 0.3 is 0 Å². The van der Waals surface area contributed by atoms with E-state index < -0.39 is 5.82 Å². The lowest BCUT2D eigenvalue weighted by atomic mass is 9.94. The van der Waals surface area contributed by atoms with Crippen molar-refractivity contribution in [2.75, 3.05) is 33.3 Å². The third-order valence-electron chi connectivity index (χ3n) is 6.87. The van der Waals surface area contributed by atoms with Crippen molar-refractivity contribution in [3.05, 3.63) is 29.5 Å². The number of fused-ring (bicyclic) bond motifs is 1. The van der Waals surface area contributed by atoms with Crippen molar-refractivity contribution in [1.29, 1.82) is 0 Å². The molecule has 0 radical (unpaired) electrons. The summed E-state index contributed by atoms with van der Waals surface area (Å²) in [5.74, 6) is 0.930. The predicted octanol–water partition coefficient (Wildman–Crippen LogP) is 3.61. The Labute approximate surface area is 187 Å². The average Bonchev–Trinajstić information content (AvgIpc) is 3.46. The van der Waals surface area contributed by atoms with Crippen molar-refractivity contribution in [2.24, 2.45) is 0 Å². The van der Waals surface area contributed by atoms with E-state index in [9.17, 15) is 0 Å². The fourth-order valence-electron chi connectivity index (χ4n) is 5.06. The van der Waals surface area contributed by atoms with Gasteiger partial charge in [0.05, 0.1) is 12.8 Å². The maximum absolute atomic E-state index is 15.2. The maximum Gasteiger partial charge on any atom is 0.291 e. The zero-order valence-electron chi connectivity index (χ0n) is 19.0. The molecule has 0 bridgehead atoms. The molecule has 0 atom stereocenters. The zero-order chi connectivity index (χ0) is 22.2. The molecule has 2 aromatic heterocycles. The summed E-state index contributed by atoms with van der Waals surface area (Å²) in [6, 6.07) is 4.15. The lowest BCUT2D eigenvalue weighted by molar-refractivity contribution is 0.120. The van der Waals surface area contributed by atoms with Gasteiger partial charge in [-0.05, 0) is 75.1 Å². The van der Waals surface area contributed by atoms with Gasteiger partial charge in [0.25, 0.3) is 5.95 Å². The Hall–Kier alpha value is -2.52. The summed E-state index contributed by atoms with van der Waals surface area (Å²) in [5, 5.41) is 13.0. The van der Waals surface area contributed by atoms with Crippen LogP contribution in [-0.2, 0) is 0 Å². The molecular weight excluding hydrogens is 411 g/mol. The molecule has 32 heavy (non-hydrogen) atoms. The second-order valence-corrected chi connectivity index (χ2v) is 9.15. The van der Waals surface area contributed by atoms with Crippen molar-refractivity contribution < 1.29 is 13.7 Å². The van der Waals surface area contributed by atoms with E-state index in [1.807, 2.05) is 19.9 Å². The number of nitrogens with one attached hydrogen (secondary N) is 1. The second kappa shape index (κ2) is 8.78. The number of hydrogen-bond acceptors (Lipinski definition) is 7. The molecule has 2 saturated heterocycles. The van der Waals surface area contributed by atoms with Crippen molar-refractivity contribution in [2.45, 2.75) is 57.4 Å². The van der Waals surface area contributed by atoms with E-state index in [1.54, 1.807) is 6.07 Å². The third-order valence-corrected chi connectivity index (χ3v) is 6.87. The molecular formula is C23H31FN6O2. The van der Waals surface area contributed by atoms with Crippen LogP contribution in [0.5, 0.6) is 5.75 Å². The largest absolute Gasteiger partial charge is 0.494 e. The van der Waals surface area contributed by atoms with Gasteiger partial charge in [-0.1, -0.05) is 13.8 Å². The maximum atomic E-state index is 15.2. The van der Waals surface area contributed by atoms with E-state index in [-0.39, 0.29) is 23.5 Å². The molecule has 5 rings (SSSR count). The summed E-state index contributed by atoms with van der Waals surface area (Å²) in [6.45, 7) is 8.37. The van der Waals surface area contributed by atoms with Crippen molar-refractivity contribution in [3.8, 4) is 11.7 Å². The van der Waals surface area contributed by atoms with Crippen LogP contribution in [0.3, 0.4) is 0 Å². The minimum absolute atomic E-state index is 0.122. The lowest BCUT2D eigenvalue weighted by Gasteiger charge is -2.38. The fraction of sp³-hybridized carbons (Fsp3) is 0.609. The van der Waals surface area contributed by atoms with Gasteiger partial charge in [-0.3, -0.25) is 0 Å². The molecule has 172 valence electrons. The number of piperidine rings is 2. The van der Waals surface area contributed by atoms with Crippen LogP contribution in [0.4, 0.5) is 4.39 Å². The summed E-state index contributed by atoms with van der Waals surface area (Å²) in [5.41, 5.74) is 1.12. The minimum Gasteiger partial charge on any atom is -0.494 e. The Morgan fingerprint density at radius 1 is 1.16 bits per heavy atom. The van der Waals surface area contributed by atoms with Crippen LogP contribution in [0.2, 0.25) is 0 Å². The number of halogens is 1. The van der Waals surface area contributed by atoms with E-state index in [2.05, 4.69) is 25.5 Å². The van der Waals surface area contributed by atoms with Gasteiger partial charge in [-0.25, -0.2) is 4.39 Å². The SMILES string of the molecule is COc1ccc2c(C(C)C)nn(-c3noc(C4CCN(C5CCNCC5)CC4)n3)c2c1F. The van der Waals surface area contributed by atoms with Gasteiger partial charge < -0.3 is 19.5 Å². The van der Waals surface area contributed by atoms with Crippen molar-refractivity contribution >= 4 is 10.9 Å². The van der Waals surface area contributed by atoms with Gasteiger partial charge in [0.15, 0.2) is 11.6 Å². The van der Waals surface area contributed by atoms with Crippen LogP contribution in [0.1, 0.15) is 63.0 Å². The van der Waals surface area contributed by atoms with Gasteiger partial charge in [0.2, 0.25) is 5.89 Å². The van der Waals surface area contributed by atoms with Gasteiger partial charge in [-0.2, -0.15) is 14.8 Å². The molecule has 0 aliphatic carbocycles. The number of rotatable bonds is 5. The quantitative estimate of drug-likeness (QED) is 0.646. The zero-order valence-corrected chi connectivity index (χ0v) is 19.0. The first kappa shape index (κ1) is 21.3. The van der Waals surface area contributed by atoms with Crippen LogP contribution in [-0.4, -0.2) is 64.2 Å². The molecule has 1 aromatic carbocycles. The molecule has 1 N–H and O–H groups in total. The first-order chi connectivity index (χ1) is 15.6. The third kappa shape index (κ3) is 3.77. The highest BCUT2D eigenvalue weighted by atomic mass is 19.1. The van der Waals surface area contributed by atoms with Gasteiger partial charge in [-0.15, -0.1) is 0 Å². The number of benzene rings is 1. The molecule has 0 unspecified atom stereocenters. The Kier molecular flexibility index (Phi) is 5.86. The number of ether oxygens (including phenoxy) is 1. The summed E-state index contributed by atoms with van der Waals surface area (Å²) < 4.78 is 27.5. The fourth-order valence-corrected chi connectivity index (χ4v) is 5.06. The van der Waals surface area contributed by atoms with E-state index in [0.717, 1.165) is 50.1 Å². The smallest absolute Gasteiger partial charge is 0.291 e. The van der Waals surface area contributed by atoms with Crippen LogP contribution >= 0.6 is 0 Å². The first-order valence-electron chi connectivity index (χ1n) is 11.6. The van der Waals surface area contributed by atoms with Gasteiger partial charge in [0, 0.05) is 17.3 Å². The van der Waals surface area contributed by atoms with Crippen molar-refractivity contribution in [1.82, 2.24) is 30.1 Å². The molecule has 2 aliphatic rings. The highest BCUT2D eigenvalue weighted by Crippen LogP contribution is 2.34. The Balaban J connectivity index is 1.40. The molecule has 2 aliphatic heterocycles. The molecule has 4 heterocycles. The second-order valence-electron chi connectivity index (χ2n) is 9.15. The molecule has 2 fully saturated rings. The standard InChI is InChI=1S/C23H31FN6O2/c1-14(2)20-17-4-5-18(31-3)19(24)21(17)30(27-20)23-26-22(32-28-23)15-8-12-29(13-9-15)16-6-10-25-11-7-16/h4-5,14-16,25H,6-13H2,1-3H3. The van der Waals surface area contributed by atoms with Crippen molar-refractivity contribution in [3.63, 3.8) is 0 Å². The molecule has 3 aromatic rings. The number of aromatic nitrogens is 4. The monoisotopic (exact) mass is 442 g/mol. The molecule has 9 heteroatoms. The van der Waals surface area contributed by atoms with Crippen LogP contribution in [0.15, 0.2) is 16.7 Å². The highest BCUT2D eigenvalue weighted by molar-refractivity contribution is 5.85. The van der Waals surface area contributed by atoms with E-state index in [0.29, 0.717) is 17.4 Å². The lowest BCUT2D eigenvalue weighted by Crippen LogP contribution is -2.46. The number of methoxy groups -OCH3 is 1. The Morgan fingerprint density at radius 3 is 2.59 bits per heavy atom. The molecule has 0 saturated carbocycles. The highest BCUT2D eigenvalue weighted by Gasteiger charge is 2.30. The van der Waals surface area contributed by atoms with Crippen LogP contribution < -0.4 is 10.1 Å². The summed E-state index contributed by atoms with van der Waals surface area (Å²) in [6.07, 6.45) is 4.42.